The van der Waals surface area contributed by atoms with Crippen molar-refractivity contribution in [3.63, 3.8) is 0 Å². The molecule has 2 N–H and O–H groups in total. The van der Waals surface area contributed by atoms with Crippen LogP contribution in [-0.2, 0) is 0 Å². The fourth-order valence-electron chi connectivity index (χ4n) is 1.05. The Kier molecular flexibility index (Phi) is 2.82. The number of imidazole rings is 1. The average molecular weight is 223 g/mol. The zero-order valence-corrected chi connectivity index (χ0v) is 8.82. The molecule has 0 aromatic carbocycles. The van der Waals surface area contributed by atoms with Crippen LogP contribution < -0.4 is 0 Å². The largest absolute Gasteiger partial charge is 0.411 e. The molecule has 0 aliphatic heterocycles. The number of thioether (sulfide) groups is 1. The molecule has 2 rings (SSSR count). The second-order valence-corrected chi connectivity index (χ2v) is 3.87. The van der Waals surface area contributed by atoms with Crippen LogP contribution in [0, 0.1) is 0 Å². The van der Waals surface area contributed by atoms with Gasteiger partial charge in [-0.2, -0.15) is 0 Å². The van der Waals surface area contributed by atoms with E-state index in [1.54, 1.807) is 13.3 Å². The number of nitrogens with one attached hydrogen (secondary N) is 1. The van der Waals surface area contributed by atoms with Crippen LogP contribution in [0.5, 0.6) is 0 Å². The third kappa shape index (κ3) is 2.07. The molecule has 0 unspecified atom stereocenters. The fraction of sp³-hybridized carbons (Fsp3) is 0.250. The molecule has 0 amide bonds. The van der Waals surface area contributed by atoms with E-state index in [-0.39, 0.29) is 0 Å². The molecule has 0 aliphatic carbocycles. The predicted octanol–water partition coefficient (Wildman–Crippen LogP) is 1.30. The lowest BCUT2D eigenvalue weighted by Crippen LogP contribution is -1.96. The first-order chi connectivity index (χ1) is 7.31. The Morgan fingerprint density at radius 1 is 1.53 bits per heavy atom. The molecule has 2 heterocycles. The highest BCUT2D eigenvalue weighted by Crippen LogP contribution is 2.21. The molecular weight excluding hydrogens is 214 g/mol. The minimum atomic E-state index is 0.585. The molecule has 0 bridgehead atoms. The van der Waals surface area contributed by atoms with Gasteiger partial charge in [-0.1, -0.05) is 16.9 Å². The minimum absolute atomic E-state index is 0.585. The van der Waals surface area contributed by atoms with E-state index in [1.807, 2.05) is 0 Å². The first-order valence-electron chi connectivity index (χ1n) is 4.25. The van der Waals surface area contributed by atoms with Gasteiger partial charge in [0.1, 0.15) is 16.9 Å². The summed E-state index contributed by atoms with van der Waals surface area (Å²) in [6.07, 6.45) is 3.05. The molecule has 0 spiro atoms. The molecule has 0 atom stereocenters. The third-order valence-electron chi connectivity index (χ3n) is 1.78. The Morgan fingerprint density at radius 3 is 3.20 bits per heavy atom. The molecular formula is C8H9N5OS. The van der Waals surface area contributed by atoms with Crippen molar-refractivity contribution >= 4 is 28.6 Å². The monoisotopic (exact) mass is 223 g/mol. The van der Waals surface area contributed by atoms with Gasteiger partial charge >= 0.3 is 0 Å². The van der Waals surface area contributed by atoms with Crippen molar-refractivity contribution in [2.75, 3.05) is 5.75 Å². The van der Waals surface area contributed by atoms with Gasteiger partial charge in [0.15, 0.2) is 5.65 Å². The Labute approximate surface area is 89.8 Å². The number of aromatic nitrogens is 4. The van der Waals surface area contributed by atoms with Crippen LogP contribution in [0.25, 0.3) is 11.2 Å². The van der Waals surface area contributed by atoms with Crippen LogP contribution in [0.1, 0.15) is 6.92 Å². The summed E-state index contributed by atoms with van der Waals surface area (Å²) >= 11 is 1.47. The van der Waals surface area contributed by atoms with Crippen LogP contribution >= 0.6 is 11.8 Å². The number of hydrogen-bond acceptors (Lipinski definition) is 6. The van der Waals surface area contributed by atoms with Crippen molar-refractivity contribution < 1.29 is 5.21 Å². The van der Waals surface area contributed by atoms with E-state index in [0.29, 0.717) is 17.1 Å². The van der Waals surface area contributed by atoms with Crippen LogP contribution in [0.15, 0.2) is 22.8 Å². The standard InChI is InChI=1S/C8H9N5OS/c1-5(13-14)2-15-8-6-7(10-3-9-6)11-4-12-8/h3-4,14H,2H2,1H3,(H,9,10,11,12). The highest BCUT2D eigenvalue weighted by atomic mass is 32.2. The Balaban J connectivity index is 2.24. The Hall–Kier alpha value is -1.63. The number of H-pyrrole nitrogens is 1. The molecule has 0 saturated carbocycles. The SMILES string of the molecule is CC(CSc1ncnc2nc[nH]c12)=NO. The summed E-state index contributed by atoms with van der Waals surface area (Å²) in [5.74, 6) is 0.585. The fourth-order valence-corrected chi connectivity index (χ4v) is 1.87. The quantitative estimate of drug-likeness (QED) is 0.269. The van der Waals surface area contributed by atoms with Gasteiger partial charge in [-0.15, -0.1) is 0 Å². The minimum Gasteiger partial charge on any atom is -0.411 e. The zero-order chi connectivity index (χ0) is 10.7. The maximum absolute atomic E-state index is 8.51. The highest BCUT2D eigenvalue weighted by molar-refractivity contribution is 8.00. The van der Waals surface area contributed by atoms with Crippen molar-refractivity contribution in [3.05, 3.63) is 12.7 Å². The lowest BCUT2D eigenvalue weighted by atomic mass is 10.5. The normalized spacial score (nSPS) is 12.2. The van der Waals surface area contributed by atoms with Crippen LogP contribution in [-0.4, -0.2) is 36.6 Å². The summed E-state index contributed by atoms with van der Waals surface area (Å²) in [7, 11) is 0. The van der Waals surface area contributed by atoms with Gasteiger partial charge < -0.3 is 10.2 Å². The second kappa shape index (κ2) is 4.26. The van der Waals surface area contributed by atoms with Gasteiger partial charge in [0.05, 0.1) is 12.0 Å². The lowest BCUT2D eigenvalue weighted by molar-refractivity contribution is 0.318. The van der Waals surface area contributed by atoms with Crippen molar-refractivity contribution in [1.29, 1.82) is 0 Å². The molecule has 7 heteroatoms. The van der Waals surface area contributed by atoms with Gasteiger partial charge in [0.2, 0.25) is 0 Å². The van der Waals surface area contributed by atoms with E-state index < -0.39 is 0 Å². The molecule has 2 aromatic rings. The molecule has 0 fully saturated rings. The van der Waals surface area contributed by atoms with Crippen molar-refractivity contribution in [1.82, 2.24) is 19.9 Å². The van der Waals surface area contributed by atoms with Crippen molar-refractivity contribution in [2.24, 2.45) is 5.16 Å². The van der Waals surface area contributed by atoms with E-state index in [9.17, 15) is 0 Å². The number of nitrogens with zero attached hydrogens (tertiary/aromatic N) is 4. The summed E-state index contributed by atoms with van der Waals surface area (Å²) < 4.78 is 0. The number of hydrogen-bond donors (Lipinski definition) is 2. The van der Waals surface area contributed by atoms with Crippen molar-refractivity contribution in [3.8, 4) is 0 Å². The van der Waals surface area contributed by atoms with Crippen LogP contribution in [0.3, 0.4) is 0 Å². The smallest absolute Gasteiger partial charge is 0.181 e. The van der Waals surface area contributed by atoms with Gasteiger partial charge in [-0.3, -0.25) is 0 Å². The molecule has 0 aliphatic rings. The van der Waals surface area contributed by atoms with E-state index >= 15 is 0 Å². The van der Waals surface area contributed by atoms with Gasteiger partial charge in [0, 0.05) is 5.75 Å². The molecule has 0 radical (unpaired) electrons. The summed E-state index contributed by atoms with van der Waals surface area (Å²) in [4.78, 5) is 15.1. The highest BCUT2D eigenvalue weighted by Gasteiger charge is 2.06. The molecule has 6 nitrogen and oxygen atoms in total. The van der Waals surface area contributed by atoms with Crippen LogP contribution in [0.2, 0.25) is 0 Å². The average Bonchev–Trinajstić information content (AvgIpc) is 2.74. The number of fused-ring (bicyclic) bond motifs is 1. The first-order valence-corrected chi connectivity index (χ1v) is 5.24. The maximum Gasteiger partial charge on any atom is 0.181 e. The maximum atomic E-state index is 8.51. The number of oxime groups is 1. The van der Waals surface area contributed by atoms with Crippen molar-refractivity contribution in [2.45, 2.75) is 11.9 Å². The predicted molar refractivity (Wildman–Crippen MR) is 57.3 cm³/mol. The number of aromatic amines is 1. The third-order valence-corrected chi connectivity index (χ3v) is 2.92. The topological polar surface area (TPSA) is 87.0 Å². The second-order valence-electron chi connectivity index (χ2n) is 2.90. The van der Waals surface area contributed by atoms with E-state index in [4.69, 9.17) is 5.21 Å². The van der Waals surface area contributed by atoms with Crippen LogP contribution in [0.4, 0.5) is 0 Å². The van der Waals surface area contributed by atoms with Gasteiger partial charge in [0.25, 0.3) is 0 Å². The van der Waals surface area contributed by atoms with E-state index in [0.717, 1.165) is 10.5 Å². The Morgan fingerprint density at radius 2 is 2.40 bits per heavy atom. The first kappa shape index (κ1) is 9.91. The molecule has 15 heavy (non-hydrogen) atoms. The zero-order valence-electron chi connectivity index (χ0n) is 8.01. The summed E-state index contributed by atoms with van der Waals surface area (Å²) in [5, 5.41) is 12.4. The lowest BCUT2D eigenvalue weighted by Gasteiger charge is -1.99. The summed E-state index contributed by atoms with van der Waals surface area (Å²) in [6, 6.07) is 0. The van der Waals surface area contributed by atoms with E-state index in [1.165, 1.54) is 18.1 Å². The molecule has 0 saturated heterocycles. The van der Waals surface area contributed by atoms with E-state index in [2.05, 4.69) is 25.1 Å². The molecule has 78 valence electrons. The summed E-state index contributed by atoms with van der Waals surface area (Å²) in [5.41, 5.74) is 2.10. The Bertz CT molecular complexity index is 494. The number of rotatable bonds is 3. The van der Waals surface area contributed by atoms with Gasteiger partial charge in [-0.25, -0.2) is 15.0 Å². The summed E-state index contributed by atoms with van der Waals surface area (Å²) in [6.45, 7) is 1.75. The molecule has 2 aromatic heterocycles. The van der Waals surface area contributed by atoms with Gasteiger partial charge in [-0.05, 0) is 6.92 Å².